The lowest BCUT2D eigenvalue weighted by atomic mass is 9.90. The van der Waals surface area contributed by atoms with Crippen LogP contribution in [0.4, 0.5) is 0 Å². The average Bonchev–Trinajstić information content (AvgIpc) is 2.78. The number of rotatable bonds is 11. The first kappa shape index (κ1) is 22.3. The van der Waals surface area contributed by atoms with E-state index < -0.39 is 0 Å². The molecule has 1 amide bonds. The summed E-state index contributed by atoms with van der Waals surface area (Å²) in [4.78, 5) is 17.3. The first-order valence-electron chi connectivity index (χ1n) is 12.4. The molecule has 3 heteroatoms. The maximum absolute atomic E-state index is 12.5. The molecule has 0 atom stereocenters. The van der Waals surface area contributed by atoms with Crippen LogP contribution in [-0.2, 0) is 11.2 Å². The summed E-state index contributed by atoms with van der Waals surface area (Å²) in [5.74, 6) is 1.22. The molecule has 0 N–H and O–H groups in total. The van der Waals surface area contributed by atoms with Gasteiger partial charge >= 0.3 is 0 Å². The van der Waals surface area contributed by atoms with E-state index in [2.05, 4.69) is 40.1 Å². The van der Waals surface area contributed by atoms with Gasteiger partial charge in [0.15, 0.2) is 0 Å². The minimum absolute atomic E-state index is 0.406. The number of unbranched alkanes of at least 4 members (excludes halogenated alkanes) is 3. The largest absolute Gasteiger partial charge is 0.343 e. The third kappa shape index (κ3) is 8.50. The summed E-state index contributed by atoms with van der Waals surface area (Å²) in [6.45, 7) is 5.86. The monoisotopic (exact) mass is 398 g/mol. The van der Waals surface area contributed by atoms with Crippen molar-refractivity contribution < 1.29 is 4.79 Å². The predicted octanol–water partition coefficient (Wildman–Crippen LogP) is 5.68. The Balaban J connectivity index is 1.18. The SMILES string of the molecule is O=C(CCCCCCN1CCCCC1)N1CCC(CCCc2ccccc2)CC1. The number of likely N-dealkylation sites (tertiary alicyclic amines) is 2. The molecule has 0 unspecified atom stereocenters. The van der Waals surface area contributed by atoms with Crippen molar-refractivity contribution in [3.8, 4) is 0 Å². The highest BCUT2D eigenvalue weighted by molar-refractivity contribution is 5.76. The lowest BCUT2D eigenvalue weighted by molar-refractivity contribution is -0.132. The van der Waals surface area contributed by atoms with E-state index in [0.29, 0.717) is 5.91 Å². The zero-order valence-corrected chi connectivity index (χ0v) is 18.5. The second kappa shape index (κ2) is 13.1. The molecular weight excluding hydrogens is 356 g/mol. The standard InChI is InChI=1S/C26H42N2O/c29-26(16-7-1-2-8-19-27-20-9-4-10-21-27)28-22-17-25(18-23-28)15-11-14-24-12-5-3-6-13-24/h3,5-6,12-13,25H,1-2,4,7-11,14-23H2. The number of hydrogen-bond acceptors (Lipinski definition) is 2. The van der Waals surface area contributed by atoms with Gasteiger partial charge in [0.2, 0.25) is 5.91 Å². The molecule has 1 aromatic carbocycles. The molecule has 2 aliphatic heterocycles. The van der Waals surface area contributed by atoms with Gasteiger partial charge < -0.3 is 9.80 Å². The molecule has 2 heterocycles. The molecule has 2 fully saturated rings. The highest BCUT2D eigenvalue weighted by Crippen LogP contribution is 2.23. The lowest BCUT2D eigenvalue weighted by Gasteiger charge is -2.32. The van der Waals surface area contributed by atoms with Gasteiger partial charge in [-0.25, -0.2) is 0 Å². The van der Waals surface area contributed by atoms with E-state index in [1.165, 1.54) is 95.8 Å². The van der Waals surface area contributed by atoms with E-state index in [1.807, 2.05) is 0 Å². The van der Waals surface area contributed by atoms with Gasteiger partial charge in [0.05, 0.1) is 0 Å². The first-order valence-corrected chi connectivity index (χ1v) is 12.4. The molecule has 3 nitrogen and oxygen atoms in total. The first-order chi connectivity index (χ1) is 14.3. The van der Waals surface area contributed by atoms with Gasteiger partial charge in [-0.1, -0.05) is 49.6 Å². The molecule has 0 aliphatic carbocycles. The van der Waals surface area contributed by atoms with Gasteiger partial charge in [-0.3, -0.25) is 4.79 Å². The van der Waals surface area contributed by atoms with Crippen LogP contribution in [0.1, 0.15) is 82.6 Å². The number of piperidine rings is 2. The van der Waals surface area contributed by atoms with Crippen LogP contribution >= 0.6 is 0 Å². The molecule has 2 aliphatic rings. The molecular formula is C26H42N2O. The predicted molar refractivity (Wildman–Crippen MR) is 122 cm³/mol. The van der Waals surface area contributed by atoms with E-state index >= 15 is 0 Å². The summed E-state index contributed by atoms with van der Waals surface area (Å²) in [6, 6.07) is 10.8. The molecule has 0 radical (unpaired) electrons. The van der Waals surface area contributed by atoms with Crippen molar-refractivity contribution in [2.24, 2.45) is 5.92 Å². The number of carbonyl (C=O) groups is 1. The summed E-state index contributed by atoms with van der Waals surface area (Å²) >= 11 is 0. The van der Waals surface area contributed by atoms with Crippen molar-refractivity contribution in [2.75, 3.05) is 32.7 Å². The fraction of sp³-hybridized carbons (Fsp3) is 0.731. The topological polar surface area (TPSA) is 23.6 Å². The van der Waals surface area contributed by atoms with Crippen LogP contribution in [0.25, 0.3) is 0 Å². The fourth-order valence-electron chi connectivity index (χ4n) is 5.02. The molecule has 2 saturated heterocycles. The van der Waals surface area contributed by atoms with Gasteiger partial charge in [-0.2, -0.15) is 0 Å². The summed E-state index contributed by atoms with van der Waals surface area (Å²) in [5.41, 5.74) is 1.45. The molecule has 3 rings (SSSR count). The van der Waals surface area contributed by atoms with Crippen LogP contribution in [0.5, 0.6) is 0 Å². The Morgan fingerprint density at radius 2 is 1.55 bits per heavy atom. The smallest absolute Gasteiger partial charge is 0.222 e. The molecule has 0 bridgehead atoms. The van der Waals surface area contributed by atoms with Gasteiger partial charge in [0.1, 0.15) is 0 Å². The molecule has 0 aromatic heterocycles. The summed E-state index contributed by atoms with van der Waals surface area (Å²) < 4.78 is 0. The molecule has 1 aromatic rings. The van der Waals surface area contributed by atoms with Crippen molar-refractivity contribution >= 4 is 5.91 Å². The number of hydrogen-bond donors (Lipinski definition) is 0. The van der Waals surface area contributed by atoms with E-state index in [9.17, 15) is 4.79 Å². The van der Waals surface area contributed by atoms with Crippen molar-refractivity contribution in [1.29, 1.82) is 0 Å². The Kier molecular flexibility index (Phi) is 10.1. The van der Waals surface area contributed by atoms with Crippen molar-refractivity contribution in [2.45, 2.75) is 83.5 Å². The van der Waals surface area contributed by atoms with Gasteiger partial charge in [0, 0.05) is 19.5 Å². The normalized spacial score (nSPS) is 18.8. The van der Waals surface area contributed by atoms with Gasteiger partial charge in [-0.15, -0.1) is 0 Å². The Labute approximate surface area is 178 Å². The zero-order chi connectivity index (χ0) is 20.2. The van der Waals surface area contributed by atoms with Crippen LogP contribution in [0, 0.1) is 5.92 Å². The van der Waals surface area contributed by atoms with Crippen LogP contribution < -0.4 is 0 Å². The van der Waals surface area contributed by atoms with Crippen LogP contribution in [-0.4, -0.2) is 48.4 Å². The third-order valence-electron chi connectivity index (χ3n) is 6.95. The maximum Gasteiger partial charge on any atom is 0.222 e. The molecule has 0 saturated carbocycles. The quantitative estimate of drug-likeness (QED) is 0.447. The highest BCUT2D eigenvalue weighted by Gasteiger charge is 2.22. The Bertz CT molecular complexity index is 559. The second-order valence-corrected chi connectivity index (χ2v) is 9.27. The number of benzene rings is 1. The van der Waals surface area contributed by atoms with Crippen LogP contribution in [0.2, 0.25) is 0 Å². The number of amides is 1. The number of carbonyl (C=O) groups excluding carboxylic acids is 1. The molecule has 0 spiro atoms. The highest BCUT2D eigenvalue weighted by atomic mass is 16.2. The van der Waals surface area contributed by atoms with Crippen LogP contribution in [0.3, 0.4) is 0 Å². The number of nitrogens with zero attached hydrogens (tertiary/aromatic N) is 2. The zero-order valence-electron chi connectivity index (χ0n) is 18.5. The van der Waals surface area contributed by atoms with Crippen molar-refractivity contribution in [3.63, 3.8) is 0 Å². The van der Waals surface area contributed by atoms with E-state index in [4.69, 9.17) is 0 Å². The molecule has 162 valence electrons. The van der Waals surface area contributed by atoms with Crippen molar-refractivity contribution in [1.82, 2.24) is 9.80 Å². The van der Waals surface area contributed by atoms with E-state index in [0.717, 1.165) is 31.8 Å². The van der Waals surface area contributed by atoms with E-state index in [-0.39, 0.29) is 0 Å². The van der Waals surface area contributed by atoms with Crippen molar-refractivity contribution in [3.05, 3.63) is 35.9 Å². The summed E-state index contributed by atoms with van der Waals surface area (Å²) in [6.07, 6.45) is 16.0. The van der Waals surface area contributed by atoms with Crippen LogP contribution in [0.15, 0.2) is 30.3 Å². The maximum atomic E-state index is 12.5. The third-order valence-corrected chi connectivity index (χ3v) is 6.95. The second-order valence-electron chi connectivity index (χ2n) is 9.27. The van der Waals surface area contributed by atoms with Gasteiger partial charge in [0.25, 0.3) is 0 Å². The average molecular weight is 399 g/mol. The minimum Gasteiger partial charge on any atom is -0.343 e. The van der Waals surface area contributed by atoms with E-state index in [1.54, 1.807) is 0 Å². The minimum atomic E-state index is 0.406. The summed E-state index contributed by atoms with van der Waals surface area (Å²) in [5, 5.41) is 0. The Hall–Kier alpha value is -1.35. The Morgan fingerprint density at radius 1 is 0.828 bits per heavy atom. The summed E-state index contributed by atoms with van der Waals surface area (Å²) in [7, 11) is 0. The lowest BCUT2D eigenvalue weighted by Crippen LogP contribution is -2.38. The van der Waals surface area contributed by atoms with Gasteiger partial charge in [-0.05, 0) is 88.9 Å². The Morgan fingerprint density at radius 3 is 2.31 bits per heavy atom. The molecule has 29 heavy (non-hydrogen) atoms. The fourth-order valence-corrected chi connectivity index (χ4v) is 5.02. The number of aryl methyl sites for hydroxylation is 1.